The standard InChI is InChI=1S/C18H25N3O/c1-2-21-10-3-4-18(21)14-20(13-17-7-11-22-15-17)12-16-5-8-19-9-6-16/h5-9,11,15,18H,2-4,10,12-14H2,1H3/t18-/m1/s1. The van der Waals surface area contributed by atoms with Crippen molar-refractivity contribution in [3.05, 3.63) is 54.2 Å². The van der Waals surface area contributed by atoms with Gasteiger partial charge in [-0.15, -0.1) is 0 Å². The topological polar surface area (TPSA) is 32.5 Å². The molecule has 3 heterocycles. The molecule has 1 aliphatic heterocycles. The minimum absolute atomic E-state index is 0.679. The van der Waals surface area contributed by atoms with Gasteiger partial charge in [-0.3, -0.25) is 14.8 Å². The van der Waals surface area contributed by atoms with E-state index in [1.165, 1.54) is 30.5 Å². The number of nitrogens with zero attached hydrogens (tertiary/aromatic N) is 3. The molecule has 0 aliphatic carbocycles. The van der Waals surface area contributed by atoms with E-state index in [1.807, 2.05) is 18.7 Å². The third kappa shape index (κ3) is 3.96. The molecular weight excluding hydrogens is 274 g/mol. The third-order valence-corrected chi connectivity index (χ3v) is 4.52. The number of likely N-dealkylation sites (tertiary alicyclic amines) is 1. The van der Waals surface area contributed by atoms with Gasteiger partial charge >= 0.3 is 0 Å². The second-order valence-corrected chi connectivity index (χ2v) is 6.08. The lowest BCUT2D eigenvalue weighted by Gasteiger charge is -2.30. The van der Waals surface area contributed by atoms with Crippen molar-refractivity contribution in [3.63, 3.8) is 0 Å². The fourth-order valence-electron chi connectivity index (χ4n) is 3.39. The molecule has 3 rings (SSSR count). The molecular formula is C18H25N3O. The molecule has 118 valence electrons. The third-order valence-electron chi connectivity index (χ3n) is 4.52. The van der Waals surface area contributed by atoms with E-state index in [1.54, 1.807) is 6.26 Å². The Kier molecular flexibility index (Phi) is 5.24. The Morgan fingerprint density at radius 1 is 1.23 bits per heavy atom. The minimum Gasteiger partial charge on any atom is -0.472 e. The normalized spacial score (nSPS) is 19.1. The van der Waals surface area contributed by atoms with Crippen LogP contribution < -0.4 is 0 Å². The van der Waals surface area contributed by atoms with Gasteiger partial charge in [-0.05, 0) is 49.7 Å². The van der Waals surface area contributed by atoms with Crippen molar-refractivity contribution in [2.24, 2.45) is 0 Å². The number of rotatable bonds is 7. The van der Waals surface area contributed by atoms with Crippen molar-refractivity contribution in [2.75, 3.05) is 19.6 Å². The molecule has 0 radical (unpaired) electrons. The van der Waals surface area contributed by atoms with Crippen molar-refractivity contribution in [1.29, 1.82) is 0 Å². The maximum Gasteiger partial charge on any atom is 0.0947 e. The van der Waals surface area contributed by atoms with Gasteiger partial charge in [0.05, 0.1) is 12.5 Å². The average Bonchev–Trinajstić information content (AvgIpc) is 3.20. The molecule has 4 heteroatoms. The summed E-state index contributed by atoms with van der Waals surface area (Å²) in [4.78, 5) is 9.25. The van der Waals surface area contributed by atoms with Crippen LogP contribution in [-0.2, 0) is 13.1 Å². The van der Waals surface area contributed by atoms with E-state index in [-0.39, 0.29) is 0 Å². The quantitative estimate of drug-likeness (QED) is 0.786. The first-order valence-corrected chi connectivity index (χ1v) is 8.21. The molecule has 0 aromatic carbocycles. The van der Waals surface area contributed by atoms with E-state index in [4.69, 9.17) is 4.42 Å². The molecule has 1 saturated heterocycles. The number of aromatic nitrogens is 1. The van der Waals surface area contributed by atoms with Gasteiger partial charge in [0.1, 0.15) is 0 Å². The largest absolute Gasteiger partial charge is 0.472 e. The van der Waals surface area contributed by atoms with Crippen molar-refractivity contribution < 1.29 is 4.42 Å². The Balaban J connectivity index is 1.68. The van der Waals surface area contributed by atoms with Gasteiger partial charge in [0, 0.05) is 43.6 Å². The van der Waals surface area contributed by atoms with Crippen LogP contribution in [0.1, 0.15) is 30.9 Å². The summed E-state index contributed by atoms with van der Waals surface area (Å²) in [5.41, 5.74) is 2.56. The van der Waals surface area contributed by atoms with E-state index >= 15 is 0 Å². The summed E-state index contributed by atoms with van der Waals surface area (Å²) in [7, 11) is 0. The minimum atomic E-state index is 0.679. The fourth-order valence-corrected chi connectivity index (χ4v) is 3.39. The highest BCUT2D eigenvalue weighted by molar-refractivity contribution is 5.11. The fraction of sp³-hybridized carbons (Fsp3) is 0.500. The van der Waals surface area contributed by atoms with E-state index < -0.39 is 0 Å². The predicted octanol–water partition coefficient (Wildman–Crippen LogP) is 3.16. The average molecular weight is 299 g/mol. The van der Waals surface area contributed by atoms with E-state index in [2.05, 4.69) is 39.9 Å². The van der Waals surface area contributed by atoms with Crippen LogP contribution in [0.4, 0.5) is 0 Å². The van der Waals surface area contributed by atoms with Crippen LogP contribution in [0.3, 0.4) is 0 Å². The number of hydrogen-bond acceptors (Lipinski definition) is 4. The van der Waals surface area contributed by atoms with E-state index in [9.17, 15) is 0 Å². The van der Waals surface area contributed by atoms with Gasteiger partial charge < -0.3 is 4.42 Å². The lowest BCUT2D eigenvalue weighted by Crippen LogP contribution is -2.39. The summed E-state index contributed by atoms with van der Waals surface area (Å²) in [6.45, 7) is 7.67. The number of pyridine rings is 1. The van der Waals surface area contributed by atoms with Gasteiger partial charge in [-0.1, -0.05) is 6.92 Å². The molecule has 1 fully saturated rings. The summed E-state index contributed by atoms with van der Waals surface area (Å²) in [5.74, 6) is 0. The summed E-state index contributed by atoms with van der Waals surface area (Å²) < 4.78 is 5.23. The molecule has 4 nitrogen and oxygen atoms in total. The lowest BCUT2D eigenvalue weighted by atomic mass is 10.1. The van der Waals surface area contributed by atoms with Crippen molar-refractivity contribution in [3.8, 4) is 0 Å². The second-order valence-electron chi connectivity index (χ2n) is 6.08. The van der Waals surface area contributed by atoms with Crippen LogP contribution in [0.15, 0.2) is 47.5 Å². The van der Waals surface area contributed by atoms with Crippen molar-refractivity contribution >= 4 is 0 Å². The molecule has 2 aromatic heterocycles. The number of likely N-dealkylation sites (N-methyl/N-ethyl adjacent to an activating group) is 1. The maximum absolute atomic E-state index is 5.23. The molecule has 1 atom stereocenters. The number of hydrogen-bond donors (Lipinski definition) is 0. The zero-order valence-electron chi connectivity index (χ0n) is 13.3. The first-order chi connectivity index (χ1) is 10.8. The molecule has 0 saturated carbocycles. The van der Waals surface area contributed by atoms with Gasteiger partial charge in [0.25, 0.3) is 0 Å². The highest BCUT2D eigenvalue weighted by Gasteiger charge is 2.25. The summed E-state index contributed by atoms with van der Waals surface area (Å²) in [6.07, 6.45) is 10.00. The van der Waals surface area contributed by atoms with Crippen molar-refractivity contribution in [2.45, 2.75) is 38.9 Å². The lowest BCUT2D eigenvalue weighted by molar-refractivity contribution is 0.166. The zero-order chi connectivity index (χ0) is 15.2. The van der Waals surface area contributed by atoms with Crippen LogP contribution in [0.5, 0.6) is 0 Å². The highest BCUT2D eigenvalue weighted by atomic mass is 16.3. The van der Waals surface area contributed by atoms with Gasteiger partial charge in [0.2, 0.25) is 0 Å². The number of furan rings is 1. The van der Waals surface area contributed by atoms with Crippen molar-refractivity contribution in [1.82, 2.24) is 14.8 Å². The van der Waals surface area contributed by atoms with E-state index in [0.29, 0.717) is 6.04 Å². The molecule has 0 amide bonds. The molecule has 2 aromatic rings. The monoisotopic (exact) mass is 299 g/mol. The summed E-state index contributed by atoms with van der Waals surface area (Å²) in [5, 5.41) is 0. The maximum atomic E-state index is 5.23. The van der Waals surface area contributed by atoms with Crippen LogP contribution in [0.25, 0.3) is 0 Å². The van der Waals surface area contributed by atoms with Gasteiger partial charge in [0.15, 0.2) is 0 Å². The van der Waals surface area contributed by atoms with Crippen LogP contribution >= 0.6 is 0 Å². The molecule has 22 heavy (non-hydrogen) atoms. The van der Waals surface area contributed by atoms with Gasteiger partial charge in [-0.2, -0.15) is 0 Å². The highest BCUT2D eigenvalue weighted by Crippen LogP contribution is 2.20. The zero-order valence-corrected chi connectivity index (χ0v) is 13.3. The molecule has 0 unspecified atom stereocenters. The Labute approximate surface area is 132 Å². The van der Waals surface area contributed by atoms with Gasteiger partial charge in [-0.25, -0.2) is 0 Å². The smallest absolute Gasteiger partial charge is 0.0947 e. The molecule has 1 aliphatic rings. The van der Waals surface area contributed by atoms with E-state index in [0.717, 1.165) is 26.2 Å². The Morgan fingerprint density at radius 2 is 2.05 bits per heavy atom. The predicted molar refractivity (Wildman–Crippen MR) is 87.3 cm³/mol. The molecule has 0 spiro atoms. The van der Waals surface area contributed by atoms with Crippen LogP contribution in [0.2, 0.25) is 0 Å². The molecule has 0 bridgehead atoms. The second kappa shape index (κ2) is 7.56. The molecule has 0 N–H and O–H groups in total. The van der Waals surface area contributed by atoms with Crippen LogP contribution in [0, 0.1) is 0 Å². The SMILES string of the molecule is CCN1CCC[C@@H]1CN(Cc1ccncc1)Cc1ccoc1. The summed E-state index contributed by atoms with van der Waals surface area (Å²) >= 11 is 0. The Hall–Kier alpha value is -1.65. The Morgan fingerprint density at radius 3 is 2.77 bits per heavy atom. The summed E-state index contributed by atoms with van der Waals surface area (Å²) in [6, 6.07) is 6.95. The van der Waals surface area contributed by atoms with Crippen LogP contribution in [-0.4, -0.2) is 40.5 Å². The first kappa shape index (κ1) is 15.3. The first-order valence-electron chi connectivity index (χ1n) is 8.21. The Bertz CT molecular complexity index is 541.